The van der Waals surface area contributed by atoms with Crippen LogP contribution in [0.4, 0.5) is 11.4 Å². The summed E-state index contributed by atoms with van der Waals surface area (Å²) in [5, 5.41) is 7.24. The number of nitrogen functional groups attached to an aromatic ring is 1. The van der Waals surface area contributed by atoms with Crippen molar-refractivity contribution in [3.8, 4) is 0 Å². The van der Waals surface area contributed by atoms with E-state index in [1.165, 1.54) is 29.0 Å². The summed E-state index contributed by atoms with van der Waals surface area (Å²) in [6.07, 6.45) is 4.62. The molecule has 2 aliphatic rings. The monoisotopic (exact) mass is 249 g/mol. The van der Waals surface area contributed by atoms with E-state index in [-0.39, 0.29) is 0 Å². The van der Waals surface area contributed by atoms with Gasteiger partial charge in [-0.15, -0.1) is 11.8 Å². The van der Waals surface area contributed by atoms with Crippen LogP contribution in [0.3, 0.4) is 0 Å². The molecule has 1 aromatic rings. The Kier molecular flexibility index (Phi) is 2.92. The lowest BCUT2D eigenvalue weighted by Crippen LogP contribution is -2.25. The molecule has 17 heavy (non-hydrogen) atoms. The molecule has 0 radical (unpaired) electrons. The largest absolute Gasteiger partial charge is 0.399 e. The lowest BCUT2D eigenvalue weighted by Gasteiger charge is -2.16. The third kappa shape index (κ3) is 1.89. The van der Waals surface area contributed by atoms with Crippen molar-refractivity contribution in [1.82, 2.24) is 5.32 Å². The average molecular weight is 249 g/mol. The molecule has 3 rings (SSSR count). The summed E-state index contributed by atoms with van der Waals surface area (Å²) in [6.45, 7) is 2.21. The van der Waals surface area contributed by atoms with E-state index >= 15 is 0 Å². The van der Waals surface area contributed by atoms with Crippen molar-refractivity contribution in [1.29, 1.82) is 0 Å². The number of nitrogens with two attached hydrogens (primary N) is 1. The van der Waals surface area contributed by atoms with Crippen LogP contribution in [0.15, 0.2) is 17.0 Å². The van der Waals surface area contributed by atoms with E-state index in [1.807, 2.05) is 0 Å². The van der Waals surface area contributed by atoms with Crippen molar-refractivity contribution in [2.24, 2.45) is 0 Å². The molecule has 2 aliphatic heterocycles. The molecular weight excluding hydrogens is 230 g/mol. The highest BCUT2D eigenvalue weighted by atomic mass is 32.2. The van der Waals surface area contributed by atoms with Crippen molar-refractivity contribution in [3.05, 3.63) is 17.7 Å². The third-order valence-electron chi connectivity index (χ3n) is 3.82. The fourth-order valence-corrected chi connectivity index (χ4v) is 3.63. The van der Waals surface area contributed by atoms with E-state index in [2.05, 4.69) is 29.0 Å². The first-order chi connectivity index (χ1) is 8.29. The number of fused-ring (bicyclic) bond motifs is 3. The molecule has 1 fully saturated rings. The SMILES string of the molecule is CSc1cc(N)cc2c1NC1CCCNC[C@@H]21. The number of hydrogen-bond acceptors (Lipinski definition) is 4. The number of rotatable bonds is 1. The van der Waals surface area contributed by atoms with E-state index in [9.17, 15) is 0 Å². The minimum absolute atomic E-state index is 0.585. The zero-order valence-corrected chi connectivity index (χ0v) is 10.9. The molecule has 0 spiro atoms. The van der Waals surface area contributed by atoms with Crippen molar-refractivity contribution < 1.29 is 0 Å². The van der Waals surface area contributed by atoms with Crippen molar-refractivity contribution >= 4 is 23.1 Å². The number of anilines is 2. The normalized spacial score (nSPS) is 26.9. The second kappa shape index (κ2) is 4.42. The molecule has 0 amide bonds. The Morgan fingerprint density at radius 1 is 1.41 bits per heavy atom. The van der Waals surface area contributed by atoms with Gasteiger partial charge in [0.2, 0.25) is 0 Å². The second-order valence-corrected chi connectivity index (χ2v) is 5.74. The molecule has 0 aliphatic carbocycles. The van der Waals surface area contributed by atoms with Gasteiger partial charge in [0.15, 0.2) is 0 Å². The van der Waals surface area contributed by atoms with Gasteiger partial charge in [0.25, 0.3) is 0 Å². The number of nitrogens with one attached hydrogen (secondary N) is 2. The predicted molar refractivity (Wildman–Crippen MR) is 74.9 cm³/mol. The minimum atomic E-state index is 0.585. The Morgan fingerprint density at radius 2 is 2.29 bits per heavy atom. The highest BCUT2D eigenvalue weighted by molar-refractivity contribution is 7.98. The summed E-state index contributed by atoms with van der Waals surface area (Å²) in [5.41, 5.74) is 9.63. The van der Waals surface area contributed by atoms with Crippen molar-refractivity contribution in [2.75, 3.05) is 30.4 Å². The molecule has 4 heteroatoms. The molecule has 0 saturated carbocycles. The van der Waals surface area contributed by atoms with Crippen LogP contribution < -0.4 is 16.4 Å². The average Bonchev–Trinajstić information content (AvgIpc) is 2.53. The van der Waals surface area contributed by atoms with E-state index < -0.39 is 0 Å². The standard InChI is InChI=1S/C13H19N3S/c1-17-12-6-8(14)5-9-10-7-15-4-2-3-11(10)16-13(9)12/h5-6,10-11,15-16H,2-4,7,14H2,1H3/t10-,11?/m0/s1. The number of thioether (sulfide) groups is 1. The molecule has 2 atom stereocenters. The number of benzene rings is 1. The first-order valence-electron chi connectivity index (χ1n) is 6.24. The van der Waals surface area contributed by atoms with E-state index in [1.54, 1.807) is 11.8 Å². The molecule has 4 N–H and O–H groups in total. The van der Waals surface area contributed by atoms with Gasteiger partial charge in [-0.1, -0.05) is 0 Å². The maximum Gasteiger partial charge on any atom is 0.0518 e. The first-order valence-corrected chi connectivity index (χ1v) is 7.46. The van der Waals surface area contributed by atoms with Crippen LogP contribution in [0.25, 0.3) is 0 Å². The van der Waals surface area contributed by atoms with Gasteiger partial charge < -0.3 is 16.4 Å². The second-order valence-electron chi connectivity index (χ2n) is 4.89. The maximum atomic E-state index is 6.01. The maximum absolute atomic E-state index is 6.01. The molecule has 1 aromatic carbocycles. The summed E-state index contributed by atoms with van der Waals surface area (Å²) in [6, 6.07) is 4.82. The Morgan fingerprint density at radius 3 is 3.12 bits per heavy atom. The van der Waals surface area contributed by atoms with E-state index in [4.69, 9.17) is 5.73 Å². The van der Waals surface area contributed by atoms with Crippen LogP contribution >= 0.6 is 11.8 Å². The Bertz CT molecular complexity index is 433. The molecule has 2 heterocycles. The van der Waals surface area contributed by atoms with Crippen LogP contribution in [0, 0.1) is 0 Å². The first kappa shape index (κ1) is 11.2. The van der Waals surface area contributed by atoms with E-state index in [0.29, 0.717) is 12.0 Å². The predicted octanol–water partition coefficient (Wildman–Crippen LogP) is 2.25. The van der Waals surface area contributed by atoms with Crippen LogP contribution in [-0.2, 0) is 0 Å². The van der Waals surface area contributed by atoms with Gasteiger partial charge in [0.05, 0.1) is 5.69 Å². The molecular formula is C13H19N3S. The zero-order valence-electron chi connectivity index (χ0n) is 10.1. The topological polar surface area (TPSA) is 50.1 Å². The van der Waals surface area contributed by atoms with Crippen molar-refractivity contribution in [3.63, 3.8) is 0 Å². The van der Waals surface area contributed by atoms with Gasteiger partial charge in [-0.2, -0.15) is 0 Å². The minimum Gasteiger partial charge on any atom is -0.399 e. The molecule has 0 bridgehead atoms. The zero-order chi connectivity index (χ0) is 11.8. The summed E-state index contributed by atoms with van der Waals surface area (Å²) in [7, 11) is 0. The summed E-state index contributed by atoms with van der Waals surface area (Å²) < 4.78 is 0. The van der Waals surface area contributed by atoms with Crippen LogP contribution in [-0.4, -0.2) is 25.4 Å². The summed E-state index contributed by atoms with van der Waals surface area (Å²) >= 11 is 1.78. The quantitative estimate of drug-likeness (QED) is 0.528. The van der Waals surface area contributed by atoms with Gasteiger partial charge >= 0.3 is 0 Å². The van der Waals surface area contributed by atoms with Gasteiger partial charge in [0, 0.05) is 29.1 Å². The molecule has 1 saturated heterocycles. The molecule has 92 valence electrons. The van der Waals surface area contributed by atoms with Gasteiger partial charge in [-0.25, -0.2) is 0 Å². The Hall–Kier alpha value is -0.870. The highest BCUT2D eigenvalue weighted by Gasteiger charge is 2.34. The summed E-state index contributed by atoms with van der Waals surface area (Å²) in [5.74, 6) is 0.585. The molecule has 0 aromatic heterocycles. The molecule has 1 unspecified atom stereocenters. The van der Waals surface area contributed by atoms with Crippen LogP contribution in [0.5, 0.6) is 0 Å². The van der Waals surface area contributed by atoms with Crippen molar-refractivity contribution in [2.45, 2.75) is 29.7 Å². The fraction of sp³-hybridized carbons (Fsp3) is 0.538. The lowest BCUT2D eigenvalue weighted by molar-refractivity contribution is 0.580. The van der Waals surface area contributed by atoms with Crippen LogP contribution in [0.1, 0.15) is 24.3 Å². The Labute approximate surface area is 107 Å². The lowest BCUT2D eigenvalue weighted by atomic mass is 9.93. The van der Waals surface area contributed by atoms with Gasteiger partial charge in [-0.05, 0) is 43.3 Å². The van der Waals surface area contributed by atoms with E-state index in [0.717, 1.165) is 18.8 Å². The van der Waals surface area contributed by atoms with Gasteiger partial charge in [-0.3, -0.25) is 0 Å². The van der Waals surface area contributed by atoms with Crippen LogP contribution in [0.2, 0.25) is 0 Å². The van der Waals surface area contributed by atoms with Gasteiger partial charge in [0.1, 0.15) is 0 Å². The smallest absolute Gasteiger partial charge is 0.0518 e. The third-order valence-corrected chi connectivity index (χ3v) is 4.58. The molecule has 3 nitrogen and oxygen atoms in total. The fourth-order valence-electron chi connectivity index (χ4n) is 3.00. The Balaban J connectivity index is 2.03. The summed E-state index contributed by atoms with van der Waals surface area (Å²) in [4.78, 5) is 1.29. The highest BCUT2D eigenvalue weighted by Crippen LogP contribution is 2.44. The number of hydrogen-bond donors (Lipinski definition) is 3.